The number of nitrogens with one attached hydrogen (secondary N) is 2. The maximum Gasteiger partial charge on any atom is 0.257 e. The van der Waals surface area contributed by atoms with Crippen LogP contribution in [-0.2, 0) is 0 Å². The second-order valence-corrected chi connectivity index (χ2v) is 5.64. The van der Waals surface area contributed by atoms with Crippen molar-refractivity contribution in [2.45, 2.75) is 0 Å². The van der Waals surface area contributed by atoms with Gasteiger partial charge in [0.15, 0.2) is 11.5 Å². The maximum atomic E-state index is 12.5. The van der Waals surface area contributed by atoms with Crippen molar-refractivity contribution >= 4 is 34.1 Å². The number of amides is 1. The smallest absolute Gasteiger partial charge is 0.257 e. The predicted molar refractivity (Wildman–Crippen MR) is 88.7 cm³/mol. The number of anilines is 1. The average Bonchev–Trinajstić information content (AvgIpc) is 2.98. The number of hydrogen-bond acceptors (Lipinski definition) is 3. The summed E-state index contributed by atoms with van der Waals surface area (Å²) in [6.07, 6.45) is 1.67. The number of hydrogen-bond donors (Lipinski definition) is 2. The lowest BCUT2D eigenvalue weighted by atomic mass is 10.1. The standard InChI is InChI=1S/C17H13ClN2O3/c18-10-1-3-14-12(7-10)13(9-19-14)17(21)20-11-2-4-15-16(8-11)23-6-5-22-15/h1-4,7-9,19H,5-6H2,(H,20,21). The fourth-order valence-corrected chi connectivity index (χ4v) is 2.77. The van der Waals surface area contributed by atoms with Crippen LogP contribution >= 0.6 is 11.6 Å². The number of carbonyl (C=O) groups excluding carboxylic acids is 1. The lowest BCUT2D eigenvalue weighted by Crippen LogP contribution is -2.16. The number of carbonyl (C=O) groups is 1. The summed E-state index contributed by atoms with van der Waals surface area (Å²) in [5, 5.41) is 4.24. The molecule has 0 saturated heterocycles. The molecular formula is C17H13ClN2O3. The minimum Gasteiger partial charge on any atom is -0.486 e. The van der Waals surface area contributed by atoms with Crippen LogP contribution < -0.4 is 14.8 Å². The van der Waals surface area contributed by atoms with Crippen molar-refractivity contribution in [1.82, 2.24) is 4.98 Å². The molecule has 4 rings (SSSR count). The van der Waals surface area contributed by atoms with Crippen molar-refractivity contribution in [2.24, 2.45) is 0 Å². The highest BCUT2D eigenvalue weighted by atomic mass is 35.5. The summed E-state index contributed by atoms with van der Waals surface area (Å²) in [6, 6.07) is 10.7. The molecule has 3 aromatic rings. The van der Waals surface area contributed by atoms with Crippen LogP contribution in [-0.4, -0.2) is 24.1 Å². The van der Waals surface area contributed by atoms with E-state index >= 15 is 0 Å². The Kier molecular flexibility index (Phi) is 3.35. The monoisotopic (exact) mass is 328 g/mol. The average molecular weight is 329 g/mol. The highest BCUT2D eigenvalue weighted by Crippen LogP contribution is 2.33. The molecule has 0 fully saturated rings. The Morgan fingerprint density at radius 2 is 1.91 bits per heavy atom. The van der Waals surface area contributed by atoms with E-state index in [1.807, 2.05) is 6.07 Å². The Hall–Kier alpha value is -2.66. The van der Waals surface area contributed by atoms with E-state index in [1.165, 1.54) is 0 Å². The molecule has 6 heteroatoms. The molecule has 1 aliphatic heterocycles. The molecule has 1 amide bonds. The van der Waals surface area contributed by atoms with Crippen molar-refractivity contribution in [3.8, 4) is 11.5 Å². The van der Waals surface area contributed by atoms with Gasteiger partial charge in [-0.1, -0.05) is 11.6 Å². The predicted octanol–water partition coefficient (Wildman–Crippen LogP) is 3.84. The number of rotatable bonds is 2. The minimum absolute atomic E-state index is 0.213. The molecule has 0 radical (unpaired) electrons. The number of benzene rings is 2. The first kappa shape index (κ1) is 14.0. The third kappa shape index (κ3) is 2.59. The fraction of sp³-hybridized carbons (Fsp3) is 0.118. The van der Waals surface area contributed by atoms with E-state index in [0.29, 0.717) is 41.0 Å². The van der Waals surface area contributed by atoms with Gasteiger partial charge in [0, 0.05) is 33.9 Å². The molecule has 0 spiro atoms. The van der Waals surface area contributed by atoms with Crippen LogP contribution in [0.15, 0.2) is 42.6 Å². The molecule has 1 aromatic heterocycles. The lowest BCUT2D eigenvalue weighted by Gasteiger charge is -2.18. The zero-order chi connectivity index (χ0) is 15.8. The van der Waals surface area contributed by atoms with Crippen LogP contribution in [0.5, 0.6) is 11.5 Å². The molecule has 0 bridgehead atoms. The van der Waals surface area contributed by atoms with Crippen LogP contribution in [0.3, 0.4) is 0 Å². The van der Waals surface area contributed by atoms with Gasteiger partial charge in [0.2, 0.25) is 0 Å². The molecular weight excluding hydrogens is 316 g/mol. The van der Waals surface area contributed by atoms with Crippen LogP contribution in [0.2, 0.25) is 5.02 Å². The van der Waals surface area contributed by atoms with Gasteiger partial charge in [-0.2, -0.15) is 0 Å². The topological polar surface area (TPSA) is 63.4 Å². The number of aromatic amines is 1. The van der Waals surface area contributed by atoms with Crippen LogP contribution in [0, 0.1) is 0 Å². The Balaban J connectivity index is 1.63. The largest absolute Gasteiger partial charge is 0.486 e. The molecule has 0 aliphatic carbocycles. The number of ether oxygens (including phenoxy) is 2. The van der Waals surface area contributed by atoms with Gasteiger partial charge < -0.3 is 19.8 Å². The summed E-state index contributed by atoms with van der Waals surface area (Å²) in [4.78, 5) is 15.6. The SMILES string of the molecule is O=C(Nc1ccc2c(c1)OCCO2)c1c[nH]c2ccc(Cl)cc12. The summed E-state index contributed by atoms with van der Waals surface area (Å²) < 4.78 is 11.0. The minimum atomic E-state index is -0.213. The molecule has 0 unspecified atom stereocenters. The summed E-state index contributed by atoms with van der Waals surface area (Å²) in [6.45, 7) is 1.04. The molecule has 2 N–H and O–H groups in total. The highest BCUT2D eigenvalue weighted by molar-refractivity contribution is 6.31. The van der Waals surface area contributed by atoms with E-state index in [0.717, 1.165) is 10.9 Å². The summed E-state index contributed by atoms with van der Waals surface area (Å²) in [5.41, 5.74) is 2.05. The molecule has 116 valence electrons. The Labute approximate surface area is 137 Å². The number of fused-ring (bicyclic) bond motifs is 2. The lowest BCUT2D eigenvalue weighted by molar-refractivity contribution is 0.102. The first-order valence-corrected chi connectivity index (χ1v) is 7.56. The third-order valence-corrected chi connectivity index (χ3v) is 3.92. The van der Waals surface area contributed by atoms with E-state index in [9.17, 15) is 4.79 Å². The third-order valence-electron chi connectivity index (χ3n) is 3.69. The fourth-order valence-electron chi connectivity index (χ4n) is 2.60. The molecule has 1 aliphatic rings. The van der Waals surface area contributed by atoms with E-state index in [-0.39, 0.29) is 5.91 Å². The van der Waals surface area contributed by atoms with Gasteiger partial charge in [-0.25, -0.2) is 0 Å². The van der Waals surface area contributed by atoms with Gasteiger partial charge in [0.05, 0.1) is 5.56 Å². The molecule has 2 aromatic carbocycles. The van der Waals surface area contributed by atoms with Gasteiger partial charge in [0.25, 0.3) is 5.91 Å². The summed E-state index contributed by atoms with van der Waals surface area (Å²) in [5.74, 6) is 1.11. The van der Waals surface area contributed by atoms with Gasteiger partial charge in [-0.05, 0) is 30.3 Å². The first-order valence-electron chi connectivity index (χ1n) is 7.18. The zero-order valence-corrected chi connectivity index (χ0v) is 12.8. The molecule has 0 atom stereocenters. The van der Waals surface area contributed by atoms with Gasteiger partial charge in [-0.3, -0.25) is 4.79 Å². The number of aromatic nitrogens is 1. The van der Waals surface area contributed by atoms with Crippen molar-refractivity contribution in [3.63, 3.8) is 0 Å². The van der Waals surface area contributed by atoms with Crippen molar-refractivity contribution in [1.29, 1.82) is 0 Å². The van der Waals surface area contributed by atoms with E-state index in [2.05, 4.69) is 10.3 Å². The molecule has 23 heavy (non-hydrogen) atoms. The van der Waals surface area contributed by atoms with Gasteiger partial charge in [0.1, 0.15) is 13.2 Å². The van der Waals surface area contributed by atoms with Gasteiger partial charge in [-0.15, -0.1) is 0 Å². The van der Waals surface area contributed by atoms with Crippen LogP contribution in [0.1, 0.15) is 10.4 Å². The van der Waals surface area contributed by atoms with Crippen molar-refractivity contribution in [2.75, 3.05) is 18.5 Å². The highest BCUT2D eigenvalue weighted by Gasteiger charge is 2.15. The van der Waals surface area contributed by atoms with Gasteiger partial charge >= 0.3 is 0 Å². The first-order chi connectivity index (χ1) is 11.2. The van der Waals surface area contributed by atoms with Crippen molar-refractivity contribution in [3.05, 3.63) is 53.2 Å². The van der Waals surface area contributed by atoms with Crippen molar-refractivity contribution < 1.29 is 14.3 Å². The Bertz CT molecular complexity index is 904. The van der Waals surface area contributed by atoms with Crippen LogP contribution in [0.25, 0.3) is 10.9 Å². The summed E-state index contributed by atoms with van der Waals surface area (Å²) in [7, 11) is 0. The Morgan fingerprint density at radius 3 is 2.78 bits per heavy atom. The zero-order valence-electron chi connectivity index (χ0n) is 12.1. The summed E-state index contributed by atoms with van der Waals surface area (Å²) >= 11 is 6.02. The van der Waals surface area contributed by atoms with E-state index in [1.54, 1.807) is 36.5 Å². The second-order valence-electron chi connectivity index (χ2n) is 5.20. The Morgan fingerprint density at radius 1 is 1.09 bits per heavy atom. The molecule has 0 saturated carbocycles. The number of halogens is 1. The quantitative estimate of drug-likeness (QED) is 0.751. The molecule has 5 nitrogen and oxygen atoms in total. The molecule has 2 heterocycles. The normalized spacial score (nSPS) is 13.1. The van der Waals surface area contributed by atoms with Crippen LogP contribution in [0.4, 0.5) is 5.69 Å². The maximum absolute atomic E-state index is 12.5. The number of H-pyrrole nitrogens is 1. The van der Waals surface area contributed by atoms with E-state index < -0.39 is 0 Å². The van der Waals surface area contributed by atoms with E-state index in [4.69, 9.17) is 21.1 Å². The second kappa shape index (κ2) is 5.52.